The Morgan fingerprint density at radius 2 is 2.17 bits per heavy atom. The number of rotatable bonds is 4. The highest BCUT2D eigenvalue weighted by Gasteiger charge is 2.21. The molecule has 1 unspecified atom stereocenters. The van der Waals surface area contributed by atoms with Crippen LogP contribution in [-0.4, -0.2) is 40.2 Å². The molecule has 124 valence electrons. The largest absolute Gasteiger partial charge is 0.497 e. The lowest BCUT2D eigenvalue weighted by atomic mass is 9.98. The van der Waals surface area contributed by atoms with Crippen molar-refractivity contribution in [3.05, 3.63) is 42.7 Å². The Bertz CT molecular complexity index is 817. The minimum Gasteiger partial charge on any atom is -0.497 e. The minimum atomic E-state index is 0.572. The van der Waals surface area contributed by atoms with Gasteiger partial charge in [0.1, 0.15) is 11.6 Å². The SMILES string of the molecule is COc1ccc2ccc(N3CCCC(Cn4ccnn4)C3)nc2c1. The molecule has 0 saturated carbocycles. The van der Waals surface area contributed by atoms with Crippen LogP contribution in [0.5, 0.6) is 5.75 Å². The summed E-state index contributed by atoms with van der Waals surface area (Å²) >= 11 is 0. The van der Waals surface area contributed by atoms with Crippen LogP contribution in [0.1, 0.15) is 12.8 Å². The van der Waals surface area contributed by atoms with Gasteiger partial charge in [-0.3, -0.25) is 4.68 Å². The van der Waals surface area contributed by atoms with Gasteiger partial charge < -0.3 is 9.64 Å². The van der Waals surface area contributed by atoms with Gasteiger partial charge in [-0.2, -0.15) is 0 Å². The predicted molar refractivity (Wildman–Crippen MR) is 93.3 cm³/mol. The van der Waals surface area contributed by atoms with Crippen molar-refractivity contribution in [3.8, 4) is 5.75 Å². The van der Waals surface area contributed by atoms with E-state index in [2.05, 4.69) is 33.4 Å². The summed E-state index contributed by atoms with van der Waals surface area (Å²) in [6.45, 7) is 2.97. The number of piperidine rings is 1. The third-order valence-corrected chi connectivity index (χ3v) is 4.64. The Kier molecular flexibility index (Phi) is 4.02. The van der Waals surface area contributed by atoms with Crippen LogP contribution in [0.15, 0.2) is 42.7 Å². The van der Waals surface area contributed by atoms with E-state index in [4.69, 9.17) is 9.72 Å². The molecule has 24 heavy (non-hydrogen) atoms. The van der Waals surface area contributed by atoms with Crippen molar-refractivity contribution < 1.29 is 4.74 Å². The van der Waals surface area contributed by atoms with Crippen molar-refractivity contribution in [2.45, 2.75) is 19.4 Å². The number of fused-ring (bicyclic) bond motifs is 1. The van der Waals surface area contributed by atoms with E-state index in [1.54, 1.807) is 13.3 Å². The first-order valence-electron chi connectivity index (χ1n) is 8.36. The van der Waals surface area contributed by atoms with Gasteiger partial charge in [0.15, 0.2) is 0 Å². The predicted octanol–water partition coefficient (Wildman–Crippen LogP) is 2.75. The van der Waals surface area contributed by atoms with Crippen LogP contribution in [0.3, 0.4) is 0 Å². The van der Waals surface area contributed by atoms with Gasteiger partial charge >= 0.3 is 0 Å². The summed E-state index contributed by atoms with van der Waals surface area (Å²) in [5, 5.41) is 9.11. The van der Waals surface area contributed by atoms with Gasteiger partial charge in [0.2, 0.25) is 0 Å². The van der Waals surface area contributed by atoms with Gasteiger partial charge in [-0.25, -0.2) is 4.98 Å². The third-order valence-electron chi connectivity index (χ3n) is 4.64. The molecule has 0 spiro atoms. The molecule has 1 saturated heterocycles. The van der Waals surface area contributed by atoms with E-state index in [0.29, 0.717) is 5.92 Å². The third kappa shape index (κ3) is 3.04. The molecular weight excluding hydrogens is 302 g/mol. The zero-order chi connectivity index (χ0) is 16.4. The van der Waals surface area contributed by atoms with Gasteiger partial charge in [-0.15, -0.1) is 5.10 Å². The number of anilines is 1. The molecular formula is C18H21N5O. The second kappa shape index (κ2) is 6.47. The first-order valence-corrected chi connectivity index (χ1v) is 8.36. The zero-order valence-corrected chi connectivity index (χ0v) is 13.8. The Morgan fingerprint density at radius 3 is 3.00 bits per heavy atom. The van der Waals surface area contributed by atoms with Crippen LogP contribution >= 0.6 is 0 Å². The van der Waals surface area contributed by atoms with E-state index in [-0.39, 0.29) is 0 Å². The fourth-order valence-corrected chi connectivity index (χ4v) is 3.41. The van der Waals surface area contributed by atoms with E-state index < -0.39 is 0 Å². The molecule has 1 atom stereocenters. The molecule has 0 bridgehead atoms. The molecule has 6 heteroatoms. The molecule has 0 amide bonds. The summed E-state index contributed by atoms with van der Waals surface area (Å²) in [4.78, 5) is 7.23. The highest BCUT2D eigenvalue weighted by atomic mass is 16.5. The number of methoxy groups -OCH3 is 1. The van der Waals surface area contributed by atoms with E-state index >= 15 is 0 Å². The molecule has 3 heterocycles. The van der Waals surface area contributed by atoms with Gasteiger partial charge in [0.05, 0.1) is 18.8 Å². The Morgan fingerprint density at radius 1 is 1.25 bits per heavy atom. The van der Waals surface area contributed by atoms with Crippen LogP contribution in [-0.2, 0) is 6.54 Å². The summed E-state index contributed by atoms with van der Waals surface area (Å²) in [5.41, 5.74) is 0.977. The van der Waals surface area contributed by atoms with Crippen LogP contribution in [0, 0.1) is 5.92 Å². The normalized spacial score (nSPS) is 18.0. The number of benzene rings is 1. The lowest BCUT2D eigenvalue weighted by molar-refractivity contribution is 0.347. The second-order valence-electron chi connectivity index (χ2n) is 6.31. The number of nitrogens with zero attached hydrogens (tertiary/aromatic N) is 5. The van der Waals surface area contributed by atoms with Gasteiger partial charge in [0, 0.05) is 37.3 Å². The molecule has 1 aromatic carbocycles. The van der Waals surface area contributed by atoms with Crippen LogP contribution in [0.25, 0.3) is 10.9 Å². The molecule has 1 aliphatic heterocycles. The fraction of sp³-hybridized carbons (Fsp3) is 0.389. The second-order valence-corrected chi connectivity index (χ2v) is 6.31. The summed E-state index contributed by atoms with van der Waals surface area (Å²) in [6, 6.07) is 10.3. The van der Waals surface area contributed by atoms with Crippen molar-refractivity contribution in [1.29, 1.82) is 0 Å². The first kappa shape index (κ1) is 14.9. The highest BCUT2D eigenvalue weighted by Crippen LogP contribution is 2.26. The summed E-state index contributed by atoms with van der Waals surface area (Å²) in [5.74, 6) is 2.46. The quantitative estimate of drug-likeness (QED) is 0.739. The molecule has 0 aliphatic carbocycles. The standard InChI is InChI=1S/C18H21N5O/c1-24-16-6-4-15-5-7-18(20-17(15)11-16)22-9-2-3-14(12-22)13-23-10-8-19-21-23/h4-8,10-11,14H,2-3,9,12-13H2,1H3. The first-order chi connectivity index (χ1) is 11.8. The smallest absolute Gasteiger partial charge is 0.129 e. The zero-order valence-electron chi connectivity index (χ0n) is 13.8. The molecule has 1 aliphatic rings. The van der Waals surface area contributed by atoms with Crippen LogP contribution in [0.2, 0.25) is 0 Å². The lowest BCUT2D eigenvalue weighted by Crippen LogP contribution is -2.37. The highest BCUT2D eigenvalue weighted by molar-refractivity contribution is 5.81. The van der Waals surface area contributed by atoms with Crippen LogP contribution in [0.4, 0.5) is 5.82 Å². The van der Waals surface area contributed by atoms with E-state index in [9.17, 15) is 0 Å². The van der Waals surface area contributed by atoms with Crippen LogP contribution < -0.4 is 9.64 Å². The van der Waals surface area contributed by atoms with Crippen molar-refractivity contribution >= 4 is 16.7 Å². The minimum absolute atomic E-state index is 0.572. The van der Waals surface area contributed by atoms with Crippen molar-refractivity contribution in [2.24, 2.45) is 5.92 Å². The van der Waals surface area contributed by atoms with Crippen molar-refractivity contribution in [1.82, 2.24) is 20.0 Å². The van der Waals surface area contributed by atoms with Crippen molar-refractivity contribution in [3.63, 3.8) is 0 Å². The Hall–Kier alpha value is -2.63. The van der Waals surface area contributed by atoms with Gasteiger partial charge in [0.25, 0.3) is 0 Å². The number of pyridine rings is 1. The van der Waals surface area contributed by atoms with Gasteiger partial charge in [-0.05, 0) is 43.0 Å². The maximum absolute atomic E-state index is 5.31. The number of ether oxygens (including phenoxy) is 1. The molecule has 6 nitrogen and oxygen atoms in total. The molecule has 0 N–H and O–H groups in total. The average Bonchev–Trinajstić information content (AvgIpc) is 3.14. The van der Waals surface area contributed by atoms with Crippen molar-refractivity contribution in [2.75, 3.05) is 25.1 Å². The molecule has 0 radical (unpaired) electrons. The maximum atomic E-state index is 5.31. The van der Waals surface area contributed by atoms with Gasteiger partial charge in [-0.1, -0.05) is 5.21 Å². The monoisotopic (exact) mass is 323 g/mol. The molecule has 4 rings (SSSR count). The van der Waals surface area contributed by atoms with E-state index in [1.165, 1.54) is 12.8 Å². The number of hydrogen-bond acceptors (Lipinski definition) is 5. The summed E-state index contributed by atoms with van der Waals surface area (Å²) in [6.07, 6.45) is 6.06. The Balaban J connectivity index is 1.54. The topological polar surface area (TPSA) is 56.1 Å². The maximum Gasteiger partial charge on any atom is 0.129 e. The molecule has 2 aromatic heterocycles. The summed E-state index contributed by atoms with van der Waals surface area (Å²) < 4.78 is 7.24. The fourth-order valence-electron chi connectivity index (χ4n) is 3.41. The average molecular weight is 323 g/mol. The summed E-state index contributed by atoms with van der Waals surface area (Å²) in [7, 11) is 1.68. The number of hydrogen-bond donors (Lipinski definition) is 0. The Labute approximate surface area is 141 Å². The lowest BCUT2D eigenvalue weighted by Gasteiger charge is -2.33. The van der Waals surface area contributed by atoms with E-state index in [0.717, 1.165) is 42.1 Å². The van der Waals surface area contributed by atoms with E-state index in [1.807, 2.05) is 23.0 Å². The number of aromatic nitrogens is 4. The molecule has 3 aromatic rings. The molecule has 1 fully saturated rings.